The highest BCUT2D eigenvalue weighted by molar-refractivity contribution is 5.61. The molecule has 5 nitrogen and oxygen atoms in total. The summed E-state index contributed by atoms with van der Waals surface area (Å²) in [7, 11) is 3.77. The summed E-state index contributed by atoms with van der Waals surface area (Å²) in [5.41, 5.74) is 3.50. The van der Waals surface area contributed by atoms with E-state index >= 15 is 0 Å². The molecule has 2 heterocycles. The summed E-state index contributed by atoms with van der Waals surface area (Å²) in [6.07, 6.45) is 1.80. The quantitative estimate of drug-likeness (QED) is 0.894. The highest BCUT2D eigenvalue weighted by Gasteiger charge is 2.34. The molecule has 0 aliphatic carbocycles. The molecule has 0 fully saturated rings. The maximum atomic E-state index is 10.7. The molecule has 0 spiro atoms. The number of likely N-dealkylation sites (N-methyl/N-ethyl adjacent to an activating group) is 1. The molecule has 2 atom stereocenters. The predicted molar refractivity (Wildman–Crippen MR) is 99.0 cm³/mol. The molecule has 0 unspecified atom stereocenters. The second-order valence-corrected chi connectivity index (χ2v) is 7.04. The molecule has 2 aromatic carbocycles. The Labute approximate surface area is 154 Å². The lowest BCUT2D eigenvalue weighted by Crippen LogP contribution is -2.35. The van der Waals surface area contributed by atoms with Crippen LogP contribution in [0, 0.1) is 0 Å². The number of methoxy groups -OCH3 is 1. The second-order valence-electron chi connectivity index (χ2n) is 7.04. The minimum absolute atomic E-state index is 0.0851. The van der Waals surface area contributed by atoms with Crippen molar-refractivity contribution in [3.05, 3.63) is 53.1 Å². The average molecular weight is 355 g/mol. The normalized spacial score (nSPS) is 19.9. The molecule has 0 saturated carbocycles. The fourth-order valence-corrected chi connectivity index (χ4v) is 4.05. The third kappa shape index (κ3) is 3.13. The summed E-state index contributed by atoms with van der Waals surface area (Å²) in [5, 5.41) is 10.7. The van der Waals surface area contributed by atoms with Gasteiger partial charge < -0.3 is 19.3 Å². The van der Waals surface area contributed by atoms with E-state index in [1.54, 1.807) is 7.11 Å². The van der Waals surface area contributed by atoms with E-state index in [0.717, 1.165) is 35.6 Å². The molecule has 0 aromatic heterocycles. The first-order chi connectivity index (χ1) is 12.7. The fourth-order valence-electron chi connectivity index (χ4n) is 4.05. The maximum absolute atomic E-state index is 10.7. The van der Waals surface area contributed by atoms with Gasteiger partial charge in [-0.15, -0.1) is 0 Å². The number of ether oxygens (including phenoxy) is 3. The SMILES string of the molecule is COc1c2c(cc3c1[C@H](C[C@H](O)Cc1ccccc1)N(C)CC3)OCO2. The van der Waals surface area contributed by atoms with Gasteiger partial charge in [-0.25, -0.2) is 0 Å². The summed E-state index contributed by atoms with van der Waals surface area (Å²) in [6.45, 7) is 1.17. The molecule has 138 valence electrons. The Morgan fingerprint density at radius 1 is 1.27 bits per heavy atom. The number of nitrogens with zero attached hydrogens (tertiary/aromatic N) is 1. The highest BCUT2D eigenvalue weighted by atomic mass is 16.7. The Kier molecular flexibility index (Phi) is 4.74. The largest absolute Gasteiger partial charge is 0.492 e. The van der Waals surface area contributed by atoms with E-state index in [4.69, 9.17) is 14.2 Å². The Balaban J connectivity index is 1.63. The maximum Gasteiger partial charge on any atom is 0.231 e. The van der Waals surface area contributed by atoms with Crippen molar-refractivity contribution in [3.8, 4) is 17.2 Å². The predicted octanol–water partition coefficient (Wildman–Crippen LogP) is 2.95. The third-order valence-corrected chi connectivity index (χ3v) is 5.36. The molecule has 0 radical (unpaired) electrons. The summed E-state index contributed by atoms with van der Waals surface area (Å²) in [6, 6.07) is 12.3. The summed E-state index contributed by atoms with van der Waals surface area (Å²) >= 11 is 0. The van der Waals surface area contributed by atoms with Crippen LogP contribution in [-0.2, 0) is 12.8 Å². The van der Waals surface area contributed by atoms with Gasteiger partial charge in [-0.05, 0) is 43.5 Å². The van der Waals surface area contributed by atoms with Crippen LogP contribution < -0.4 is 14.2 Å². The summed E-state index contributed by atoms with van der Waals surface area (Å²) < 4.78 is 16.9. The van der Waals surface area contributed by atoms with Crippen LogP contribution in [0.5, 0.6) is 17.2 Å². The van der Waals surface area contributed by atoms with Crippen molar-refractivity contribution < 1.29 is 19.3 Å². The van der Waals surface area contributed by atoms with Crippen molar-refractivity contribution in [3.63, 3.8) is 0 Å². The second kappa shape index (κ2) is 7.17. The number of aliphatic hydroxyl groups excluding tert-OH is 1. The number of hydrogen-bond donors (Lipinski definition) is 1. The van der Waals surface area contributed by atoms with Crippen molar-refractivity contribution in [2.24, 2.45) is 0 Å². The number of fused-ring (bicyclic) bond motifs is 2. The van der Waals surface area contributed by atoms with Crippen molar-refractivity contribution in [2.45, 2.75) is 31.4 Å². The van der Waals surface area contributed by atoms with Crippen molar-refractivity contribution in [1.29, 1.82) is 0 Å². The molecular formula is C21H25NO4. The molecule has 4 rings (SSSR count). The smallest absolute Gasteiger partial charge is 0.231 e. The number of hydrogen-bond acceptors (Lipinski definition) is 5. The van der Waals surface area contributed by atoms with Crippen LogP contribution in [0.2, 0.25) is 0 Å². The van der Waals surface area contributed by atoms with Gasteiger partial charge in [0.2, 0.25) is 12.5 Å². The van der Waals surface area contributed by atoms with Crippen LogP contribution in [0.15, 0.2) is 36.4 Å². The van der Waals surface area contributed by atoms with Gasteiger partial charge in [0.05, 0.1) is 13.2 Å². The number of aliphatic hydroxyl groups is 1. The molecule has 2 aliphatic rings. The van der Waals surface area contributed by atoms with Gasteiger partial charge in [0.15, 0.2) is 11.5 Å². The minimum Gasteiger partial charge on any atom is -0.492 e. The average Bonchev–Trinajstić information content (AvgIpc) is 3.11. The molecule has 26 heavy (non-hydrogen) atoms. The molecule has 1 N–H and O–H groups in total. The first-order valence-corrected chi connectivity index (χ1v) is 9.09. The summed E-state index contributed by atoms with van der Waals surface area (Å²) in [4.78, 5) is 2.29. The lowest BCUT2D eigenvalue weighted by Gasteiger charge is -2.37. The van der Waals surface area contributed by atoms with Crippen LogP contribution >= 0.6 is 0 Å². The summed E-state index contributed by atoms with van der Waals surface area (Å²) in [5.74, 6) is 2.19. The van der Waals surface area contributed by atoms with Crippen LogP contribution in [0.25, 0.3) is 0 Å². The van der Waals surface area contributed by atoms with Gasteiger partial charge in [-0.1, -0.05) is 30.3 Å². The lowest BCUT2D eigenvalue weighted by atomic mass is 9.87. The van der Waals surface area contributed by atoms with Gasteiger partial charge in [0.25, 0.3) is 0 Å². The van der Waals surface area contributed by atoms with E-state index in [1.165, 1.54) is 5.56 Å². The highest BCUT2D eigenvalue weighted by Crippen LogP contribution is 2.50. The van der Waals surface area contributed by atoms with E-state index in [-0.39, 0.29) is 12.8 Å². The van der Waals surface area contributed by atoms with E-state index in [2.05, 4.69) is 30.1 Å². The van der Waals surface area contributed by atoms with E-state index in [0.29, 0.717) is 18.6 Å². The molecule has 2 aromatic rings. The number of rotatable bonds is 5. The van der Waals surface area contributed by atoms with Gasteiger partial charge in [0, 0.05) is 18.2 Å². The zero-order valence-corrected chi connectivity index (χ0v) is 15.3. The zero-order valence-electron chi connectivity index (χ0n) is 15.3. The van der Waals surface area contributed by atoms with Crippen LogP contribution in [0.4, 0.5) is 0 Å². The molecule has 0 bridgehead atoms. The van der Waals surface area contributed by atoms with Crippen LogP contribution in [0.3, 0.4) is 0 Å². The lowest BCUT2D eigenvalue weighted by molar-refractivity contribution is 0.107. The van der Waals surface area contributed by atoms with Gasteiger partial charge in [-0.2, -0.15) is 0 Å². The first-order valence-electron chi connectivity index (χ1n) is 9.09. The Hall–Kier alpha value is -2.24. The Morgan fingerprint density at radius 2 is 2.08 bits per heavy atom. The van der Waals surface area contributed by atoms with Gasteiger partial charge in [0.1, 0.15) is 0 Å². The van der Waals surface area contributed by atoms with Crippen LogP contribution in [0.1, 0.15) is 29.2 Å². The molecule has 5 heteroatoms. The minimum atomic E-state index is -0.425. The van der Waals surface area contributed by atoms with Crippen molar-refractivity contribution >= 4 is 0 Å². The third-order valence-electron chi connectivity index (χ3n) is 5.36. The standard InChI is InChI=1S/C21H25NO4/c1-22-9-8-15-11-18-20(26-13-25-18)21(24-2)19(15)17(22)12-16(23)10-14-6-4-3-5-7-14/h3-7,11,16-17,23H,8-10,12-13H2,1-2H3/t16-,17+/m1/s1. The molecule has 2 aliphatic heterocycles. The number of benzene rings is 2. The van der Waals surface area contributed by atoms with Gasteiger partial charge in [-0.3, -0.25) is 4.90 Å². The first kappa shape index (κ1) is 17.2. The molecule has 0 saturated heterocycles. The fraction of sp³-hybridized carbons (Fsp3) is 0.429. The topological polar surface area (TPSA) is 51.2 Å². The van der Waals surface area contributed by atoms with E-state index in [9.17, 15) is 5.11 Å². The Bertz CT molecular complexity index is 777. The van der Waals surface area contributed by atoms with Crippen molar-refractivity contribution in [2.75, 3.05) is 27.5 Å². The molecule has 0 amide bonds. The van der Waals surface area contributed by atoms with E-state index in [1.807, 2.05) is 18.2 Å². The Morgan fingerprint density at radius 3 is 2.85 bits per heavy atom. The monoisotopic (exact) mass is 355 g/mol. The van der Waals surface area contributed by atoms with Crippen LogP contribution in [-0.4, -0.2) is 43.6 Å². The zero-order chi connectivity index (χ0) is 18.1. The van der Waals surface area contributed by atoms with E-state index < -0.39 is 6.10 Å². The van der Waals surface area contributed by atoms with Gasteiger partial charge >= 0.3 is 0 Å². The van der Waals surface area contributed by atoms with Crippen molar-refractivity contribution in [1.82, 2.24) is 4.90 Å². The molecular weight excluding hydrogens is 330 g/mol.